The van der Waals surface area contributed by atoms with Crippen molar-refractivity contribution in [1.82, 2.24) is 9.03 Å². The lowest BCUT2D eigenvalue weighted by Gasteiger charge is -2.12. The van der Waals surface area contributed by atoms with E-state index in [1.807, 2.05) is 0 Å². The van der Waals surface area contributed by atoms with Crippen molar-refractivity contribution in [2.75, 3.05) is 32.5 Å². The van der Waals surface area contributed by atoms with Gasteiger partial charge in [-0.3, -0.25) is 10.1 Å². The molecule has 0 aromatic heterocycles. The van der Waals surface area contributed by atoms with Gasteiger partial charge in [-0.25, -0.2) is 4.72 Å². The number of non-ortho nitro benzene ring substituents is 1. The fraction of sp³-hybridized carbons (Fsp3) is 0.455. The summed E-state index contributed by atoms with van der Waals surface area (Å²) < 4.78 is 26.3. The first kappa shape index (κ1) is 16.3. The van der Waals surface area contributed by atoms with Gasteiger partial charge in [0.1, 0.15) is 0 Å². The molecule has 1 rings (SSSR count). The minimum atomic E-state index is -3.38. The molecule has 0 amide bonds. The minimum absolute atomic E-state index is 0.0364. The molecule has 0 aliphatic heterocycles. The van der Waals surface area contributed by atoms with Crippen molar-refractivity contribution in [3.05, 3.63) is 34.4 Å². The van der Waals surface area contributed by atoms with Crippen LogP contribution in [-0.4, -0.2) is 44.8 Å². The Balaban J connectivity index is 2.30. The lowest BCUT2D eigenvalue weighted by Crippen LogP contribution is -2.36. The first-order valence-electron chi connectivity index (χ1n) is 5.98. The molecule has 8 nitrogen and oxygen atoms in total. The quantitative estimate of drug-likeness (QED) is 0.420. The Morgan fingerprint density at radius 3 is 2.30 bits per heavy atom. The normalized spacial score (nSPS) is 11.6. The first-order chi connectivity index (χ1) is 9.33. The van der Waals surface area contributed by atoms with Gasteiger partial charge in [-0.1, -0.05) is 0 Å². The molecule has 20 heavy (non-hydrogen) atoms. The lowest BCUT2D eigenvalue weighted by molar-refractivity contribution is -0.384. The standard InChI is InChI=1S/C11H18N4O4S/c1-14(2)20(18,19)13-9-3-8-12-10-4-6-11(7-5-10)15(16)17/h4-7,12-13H,3,8-9H2,1-2H3. The maximum Gasteiger partial charge on any atom is 0.278 e. The third kappa shape index (κ3) is 5.11. The van der Waals surface area contributed by atoms with Crippen molar-refractivity contribution >= 4 is 21.6 Å². The average molecular weight is 302 g/mol. The van der Waals surface area contributed by atoms with Crippen LogP contribution >= 0.6 is 0 Å². The highest BCUT2D eigenvalue weighted by atomic mass is 32.2. The van der Waals surface area contributed by atoms with E-state index in [0.29, 0.717) is 19.5 Å². The Bertz CT molecular complexity index is 542. The summed E-state index contributed by atoms with van der Waals surface area (Å²) in [5.41, 5.74) is 0.792. The second kappa shape index (κ2) is 7.17. The van der Waals surface area contributed by atoms with Crippen molar-refractivity contribution in [1.29, 1.82) is 0 Å². The summed E-state index contributed by atoms with van der Waals surface area (Å²) >= 11 is 0. The Morgan fingerprint density at radius 2 is 1.80 bits per heavy atom. The van der Waals surface area contributed by atoms with Crippen LogP contribution in [0.3, 0.4) is 0 Å². The summed E-state index contributed by atoms with van der Waals surface area (Å²) in [6, 6.07) is 6.05. The van der Waals surface area contributed by atoms with Crippen LogP contribution in [0.15, 0.2) is 24.3 Å². The summed E-state index contributed by atoms with van der Waals surface area (Å²) in [6.45, 7) is 0.883. The fourth-order valence-corrected chi connectivity index (χ4v) is 2.01. The van der Waals surface area contributed by atoms with Crippen LogP contribution in [0.2, 0.25) is 0 Å². The molecule has 0 saturated carbocycles. The van der Waals surface area contributed by atoms with Gasteiger partial charge in [0.25, 0.3) is 15.9 Å². The third-order valence-corrected chi connectivity index (χ3v) is 4.06. The molecular formula is C11H18N4O4S. The molecule has 2 N–H and O–H groups in total. The third-order valence-electron chi connectivity index (χ3n) is 2.53. The zero-order valence-electron chi connectivity index (χ0n) is 11.4. The van der Waals surface area contributed by atoms with E-state index in [4.69, 9.17) is 0 Å². The maximum atomic E-state index is 11.4. The van der Waals surface area contributed by atoms with E-state index in [2.05, 4.69) is 10.0 Å². The molecule has 0 spiro atoms. The molecule has 0 saturated heterocycles. The minimum Gasteiger partial charge on any atom is -0.385 e. The maximum absolute atomic E-state index is 11.4. The molecule has 0 aliphatic carbocycles. The van der Waals surface area contributed by atoms with Gasteiger partial charge < -0.3 is 5.32 Å². The fourth-order valence-electron chi connectivity index (χ4n) is 1.35. The van der Waals surface area contributed by atoms with Gasteiger partial charge in [0.15, 0.2) is 0 Å². The number of nitrogens with one attached hydrogen (secondary N) is 2. The van der Waals surface area contributed by atoms with Gasteiger partial charge in [0, 0.05) is 45.0 Å². The van der Waals surface area contributed by atoms with Crippen LogP contribution in [0.25, 0.3) is 0 Å². The van der Waals surface area contributed by atoms with E-state index < -0.39 is 15.1 Å². The summed E-state index contributed by atoms with van der Waals surface area (Å²) in [5.74, 6) is 0. The van der Waals surface area contributed by atoms with Gasteiger partial charge in [-0.05, 0) is 18.6 Å². The number of anilines is 1. The van der Waals surface area contributed by atoms with Gasteiger partial charge in [-0.15, -0.1) is 0 Å². The molecule has 9 heteroatoms. The van der Waals surface area contributed by atoms with Crippen LogP contribution < -0.4 is 10.0 Å². The Kier molecular flexibility index (Phi) is 5.86. The summed E-state index contributed by atoms with van der Waals surface area (Å²) in [6.07, 6.45) is 0.601. The van der Waals surface area contributed by atoms with Crippen molar-refractivity contribution in [3.63, 3.8) is 0 Å². The number of nitro benzene ring substituents is 1. The number of nitrogens with zero attached hydrogens (tertiary/aromatic N) is 2. The van der Waals surface area contributed by atoms with Crippen LogP contribution in [0, 0.1) is 10.1 Å². The molecule has 0 bridgehead atoms. The molecule has 0 heterocycles. The van der Waals surface area contributed by atoms with Gasteiger partial charge in [0.05, 0.1) is 4.92 Å². The molecule has 0 unspecified atom stereocenters. The summed E-state index contributed by atoms with van der Waals surface area (Å²) in [4.78, 5) is 10.0. The monoisotopic (exact) mass is 302 g/mol. The predicted molar refractivity (Wildman–Crippen MR) is 76.8 cm³/mol. The highest BCUT2D eigenvalue weighted by Gasteiger charge is 2.11. The number of hydrogen-bond donors (Lipinski definition) is 2. The molecule has 0 atom stereocenters. The smallest absolute Gasteiger partial charge is 0.278 e. The second-order valence-electron chi connectivity index (χ2n) is 4.27. The van der Waals surface area contributed by atoms with Gasteiger partial charge >= 0.3 is 0 Å². The molecular weight excluding hydrogens is 284 g/mol. The van der Waals surface area contributed by atoms with Crippen molar-refractivity contribution in [2.24, 2.45) is 0 Å². The Hall–Kier alpha value is -1.71. The zero-order valence-corrected chi connectivity index (χ0v) is 12.2. The number of nitro groups is 1. The van der Waals surface area contributed by atoms with Crippen molar-refractivity contribution in [3.8, 4) is 0 Å². The highest BCUT2D eigenvalue weighted by molar-refractivity contribution is 7.87. The molecule has 0 aliphatic rings. The molecule has 0 radical (unpaired) electrons. The lowest BCUT2D eigenvalue weighted by atomic mass is 10.3. The van der Waals surface area contributed by atoms with Crippen LogP contribution in [0.5, 0.6) is 0 Å². The Morgan fingerprint density at radius 1 is 1.20 bits per heavy atom. The van der Waals surface area contributed by atoms with E-state index in [-0.39, 0.29) is 5.69 Å². The molecule has 1 aromatic carbocycles. The highest BCUT2D eigenvalue weighted by Crippen LogP contribution is 2.15. The van der Waals surface area contributed by atoms with Crippen LogP contribution in [0.1, 0.15) is 6.42 Å². The van der Waals surface area contributed by atoms with E-state index in [1.165, 1.54) is 26.2 Å². The number of hydrogen-bond acceptors (Lipinski definition) is 5. The van der Waals surface area contributed by atoms with Gasteiger partial charge in [-0.2, -0.15) is 12.7 Å². The van der Waals surface area contributed by atoms with E-state index in [1.54, 1.807) is 12.1 Å². The van der Waals surface area contributed by atoms with Crippen molar-refractivity contribution < 1.29 is 13.3 Å². The van der Waals surface area contributed by atoms with E-state index in [0.717, 1.165) is 9.99 Å². The molecule has 112 valence electrons. The molecule has 1 aromatic rings. The Labute approximate surface area is 118 Å². The van der Waals surface area contributed by atoms with E-state index in [9.17, 15) is 18.5 Å². The number of rotatable bonds is 8. The van der Waals surface area contributed by atoms with Gasteiger partial charge in [0.2, 0.25) is 0 Å². The van der Waals surface area contributed by atoms with E-state index >= 15 is 0 Å². The van der Waals surface area contributed by atoms with Crippen LogP contribution in [-0.2, 0) is 10.2 Å². The SMILES string of the molecule is CN(C)S(=O)(=O)NCCCNc1ccc([N+](=O)[O-])cc1. The number of benzene rings is 1. The largest absolute Gasteiger partial charge is 0.385 e. The summed E-state index contributed by atoms with van der Waals surface area (Å²) in [5, 5.41) is 13.5. The summed E-state index contributed by atoms with van der Waals surface area (Å²) in [7, 11) is -0.466. The first-order valence-corrected chi connectivity index (χ1v) is 7.42. The van der Waals surface area contributed by atoms with Crippen LogP contribution in [0.4, 0.5) is 11.4 Å². The second-order valence-corrected chi connectivity index (χ2v) is 6.24. The average Bonchev–Trinajstić information content (AvgIpc) is 2.38. The molecule has 0 fully saturated rings. The predicted octanol–water partition coefficient (Wildman–Crippen LogP) is 0.793. The topological polar surface area (TPSA) is 105 Å². The van der Waals surface area contributed by atoms with Crippen molar-refractivity contribution in [2.45, 2.75) is 6.42 Å². The zero-order chi connectivity index (χ0) is 15.2.